The van der Waals surface area contributed by atoms with Crippen LogP contribution in [0.25, 0.3) is 0 Å². The standard InChI is InChI=1S/C16H22N4O/c1-4-17-14-10-15(20-16(19-14)11-21-5-2)18-13-8-6-12(3)7-9-13/h6-10H,4-5,11H2,1-3H3,(H2,17,18,19,20). The van der Waals surface area contributed by atoms with Gasteiger partial charge < -0.3 is 15.4 Å². The number of anilines is 3. The molecule has 0 radical (unpaired) electrons. The van der Waals surface area contributed by atoms with Crippen LogP contribution in [0, 0.1) is 6.92 Å². The molecule has 0 atom stereocenters. The van der Waals surface area contributed by atoms with Crippen LogP contribution in [0.1, 0.15) is 25.2 Å². The Kier molecular flexibility index (Phi) is 5.51. The number of aromatic nitrogens is 2. The molecule has 2 N–H and O–H groups in total. The van der Waals surface area contributed by atoms with Gasteiger partial charge in [0.2, 0.25) is 0 Å². The highest BCUT2D eigenvalue weighted by molar-refractivity contribution is 5.59. The summed E-state index contributed by atoms with van der Waals surface area (Å²) in [6, 6.07) is 10.1. The van der Waals surface area contributed by atoms with Crippen LogP contribution in [0.2, 0.25) is 0 Å². The highest BCUT2D eigenvalue weighted by Crippen LogP contribution is 2.18. The van der Waals surface area contributed by atoms with E-state index in [4.69, 9.17) is 4.74 Å². The van der Waals surface area contributed by atoms with E-state index in [9.17, 15) is 0 Å². The van der Waals surface area contributed by atoms with E-state index in [1.807, 2.05) is 32.0 Å². The lowest BCUT2D eigenvalue weighted by Gasteiger charge is -2.11. The van der Waals surface area contributed by atoms with Crippen LogP contribution >= 0.6 is 0 Å². The Morgan fingerprint density at radius 2 is 1.76 bits per heavy atom. The number of ether oxygens (including phenoxy) is 1. The largest absolute Gasteiger partial charge is 0.374 e. The van der Waals surface area contributed by atoms with E-state index in [0.29, 0.717) is 19.0 Å². The second-order valence-electron chi connectivity index (χ2n) is 4.71. The molecule has 1 aromatic carbocycles. The molecule has 5 heteroatoms. The SMILES string of the molecule is CCNc1cc(Nc2ccc(C)cc2)nc(COCC)n1. The molecule has 0 aliphatic carbocycles. The van der Waals surface area contributed by atoms with Crippen LogP contribution in [-0.4, -0.2) is 23.1 Å². The van der Waals surface area contributed by atoms with Gasteiger partial charge in [0.1, 0.15) is 18.2 Å². The minimum atomic E-state index is 0.415. The lowest BCUT2D eigenvalue weighted by atomic mass is 10.2. The number of rotatable bonds is 7. The fourth-order valence-electron chi connectivity index (χ4n) is 1.88. The van der Waals surface area contributed by atoms with Gasteiger partial charge in [-0.25, -0.2) is 9.97 Å². The zero-order valence-electron chi connectivity index (χ0n) is 12.8. The number of nitrogens with zero attached hydrogens (tertiary/aromatic N) is 2. The summed E-state index contributed by atoms with van der Waals surface area (Å²) in [6.45, 7) is 7.94. The predicted octanol–water partition coefficient (Wildman–Crippen LogP) is 3.50. The summed E-state index contributed by atoms with van der Waals surface area (Å²) >= 11 is 0. The van der Waals surface area contributed by atoms with Crippen molar-refractivity contribution in [2.24, 2.45) is 0 Å². The van der Waals surface area contributed by atoms with Crippen molar-refractivity contribution >= 4 is 17.3 Å². The first-order valence-electron chi connectivity index (χ1n) is 7.24. The number of aryl methyl sites for hydroxylation is 1. The third-order valence-electron chi connectivity index (χ3n) is 2.89. The first-order valence-corrected chi connectivity index (χ1v) is 7.24. The Morgan fingerprint density at radius 1 is 1.05 bits per heavy atom. The molecule has 1 heterocycles. The van der Waals surface area contributed by atoms with Crippen molar-refractivity contribution < 1.29 is 4.74 Å². The summed E-state index contributed by atoms with van der Waals surface area (Å²) in [5.41, 5.74) is 2.23. The van der Waals surface area contributed by atoms with Crippen molar-refractivity contribution in [1.29, 1.82) is 0 Å². The summed E-state index contributed by atoms with van der Waals surface area (Å²) < 4.78 is 5.39. The number of benzene rings is 1. The Labute approximate surface area is 125 Å². The minimum Gasteiger partial charge on any atom is -0.374 e. The highest BCUT2D eigenvalue weighted by Gasteiger charge is 2.05. The van der Waals surface area contributed by atoms with Gasteiger partial charge in [-0.15, -0.1) is 0 Å². The van der Waals surface area contributed by atoms with Gasteiger partial charge in [-0.3, -0.25) is 0 Å². The molecule has 5 nitrogen and oxygen atoms in total. The van der Waals surface area contributed by atoms with Gasteiger partial charge in [0.25, 0.3) is 0 Å². The molecule has 0 aliphatic rings. The van der Waals surface area contributed by atoms with Crippen molar-refractivity contribution in [1.82, 2.24) is 9.97 Å². The average molecular weight is 286 g/mol. The van der Waals surface area contributed by atoms with E-state index < -0.39 is 0 Å². The molecule has 0 spiro atoms. The second kappa shape index (κ2) is 7.59. The minimum absolute atomic E-state index is 0.415. The molecule has 21 heavy (non-hydrogen) atoms. The summed E-state index contributed by atoms with van der Waals surface area (Å²) in [5, 5.41) is 6.51. The lowest BCUT2D eigenvalue weighted by Crippen LogP contribution is -2.07. The van der Waals surface area contributed by atoms with Gasteiger partial charge in [0.15, 0.2) is 5.82 Å². The van der Waals surface area contributed by atoms with E-state index in [-0.39, 0.29) is 0 Å². The quantitative estimate of drug-likeness (QED) is 0.816. The monoisotopic (exact) mass is 286 g/mol. The zero-order valence-corrected chi connectivity index (χ0v) is 12.8. The van der Waals surface area contributed by atoms with Crippen molar-refractivity contribution in [2.75, 3.05) is 23.8 Å². The first-order chi connectivity index (χ1) is 10.2. The van der Waals surface area contributed by atoms with Crippen molar-refractivity contribution in [3.8, 4) is 0 Å². The Bertz CT molecular complexity index is 569. The smallest absolute Gasteiger partial charge is 0.158 e. The van der Waals surface area contributed by atoms with Crippen LogP contribution in [0.4, 0.5) is 17.3 Å². The van der Waals surface area contributed by atoms with E-state index in [2.05, 4.69) is 39.7 Å². The third kappa shape index (κ3) is 4.72. The highest BCUT2D eigenvalue weighted by atomic mass is 16.5. The molecule has 1 aromatic heterocycles. The van der Waals surface area contributed by atoms with E-state index in [0.717, 1.165) is 23.9 Å². The van der Waals surface area contributed by atoms with Crippen LogP contribution < -0.4 is 10.6 Å². The summed E-state index contributed by atoms with van der Waals surface area (Å²) in [6.07, 6.45) is 0. The van der Waals surface area contributed by atoms with Crippen LogP contribution in [0.3, 0.4) is 0 Å². The van der Waals surface area contributed by atoms with Crippen LogP contribution in [0.15, 0.2) is 30.3 Å². The molecule has 2 rings (SSSR count). The molecular weight excluding hydrogens is 264 g/mol. The zero-order chi connectivity index (χ0) is 15.1. The molecular formula is C16H22N4O. The van der Waals surface area contributed by atoms with Gasteiger partial charge in [0, 0.05) is 24.9 Å². The maximum Gasteiger partial charge on any atom is 0.158 e. The molecule has 0 fully saturated rings. The maximum absolute atomic E-state index is 5.39. The van der Waals surface area contributed by atoms with Crippen LogP contribution in [-0.2, 0) is 11.3 Å². The van der Waals surface area contributed by atoms with E-state index in [1.165, 1.54) is 5.56 Å². The topological polar surface area (TPSA) is 59.1 Å². The number of hydrogen-bond acceptors (Lipinski definition) is 5. The molecule has 0 unspecified atom stereocenters. The van der Waals surface area contributed by atoms with Crippen molar-refractivity contribution in [3.05, 3.63) is 41.7 Å². The average Bonchev–Trinajstić information content (AvgIpc) is 2.48. The molecule has 112 valence electrons. The fraction of sp³-hybridized carbons (Fsp3) is 0.375. The summed E-state index contributed by atoms with van der Waals surface area (Å²) in [4.78, 5) is 8.91. The van der Waals surface area contributed by atoms with Gasteiger partial charge in [0.05, 0.1) is 0 Å². The Morgan fingerprint density at radius 3 is 2.43 bits per heavy atom. The fourth-order valence-corrected chi connectivity index (χ4v) is 1.88. The molecule has 0 saturated heterocycles. The van der Waals surface area contributed by atoms with Gasteiger partial charge in [-0.05, 0) is 32.9 Å². The van der Waals surface area contributed by atoms with Crippen molar-refractivity contribution in [3.63, 3.8) is 0 Å². The molecule has 0 saturated carbocycles. The third-order valence-corrected chi connectivity index (χ3v) is 2.89. The lowest BCUT2D eigenvalue weighted by molar-refractivity contribution is 0.128. The first kappa shape index (κ1) is 15.3. The van der Waals surface area contributed by atoms with Crippen molar-refractivity contribution in [2.45, 2.75) is 27.4 Å². The predicted molar refractivity (Wildman–Crippen MR) is 86.0 cm³/mol. The Hall–Kier alpha value is -2.14. The number of nitrogens with one attached hydrogen (secondary N) is 2. The normalized spacial score (nSPS) is 10.4. The molecule has 0 aliphatic heterocycles. The maximum atomic E-state index is 5.39. The molecule has 0 bridgehead atoms. The van der Waals surface area contributed by atoms with E-state index in [1.54, 1.807) is 0 Å². The number of hydrogen-bond donors (Lipinski definition) is 2. The molecule has 0 amide bonds. The van der Waals surface area contributed by atoms with Gasteiger partial charge >= 0.3 is 0 Å². The Balaban J connectivity index is 2.19. The van der Waals surface area contributed by atoms with Gasteiger partial charge in [-0.1, -0.05) is 17.7 Å². The summed E-state index contributed by atoms with van der Waals surface area (Å²) in [7, 11) is 0. The van der Waals surface area contributed by atoms with E-state index >= 15 is 0 Å². The summed E-state index contributed by atoms with van der Waals surface area (Å²) in [5.74, 6) is 2.24. The molecule has 2 aromatic rings. The second-order valence-corrected chi connectivity index (χ2v) is 4.71. The van der Waals surface area contributed by atoms with Gasteiger partial charge in [-0.2, -0.15) is 0 Å². The van der Waals surface area contributed by atoms with Crippen LogP contribution in [0.5, 0.6) is 0 Å².